The van der Waals surface area contributed by atoms with Gasteiger partial charge < -0.3 is 14.2 Å². The fourth-order valence-corrected chi connectivity index (χ4v) is 2.38. The van der Waals surface area contributed by atoms with Crippen molar-refractivity contribution in [2.24, 2.45) is 0 Å². The van der Waals surface area contributed by atoms with Crippen molar-refractivity contribution in [2.75, 3.05) is 26.7 Å². The maximum Gasteiger partial charge on any atom is 0.231 e. The van der Waals surface area contributed by atoms with Gasteiger partial charge in [-0.15, -0.1) is 0 Å². The molecule has 1 saturated heterocycles. The predicted molar refractivity (Wildman–Crippen MR) is 74.5 cm³/mol. The third-order valence-corrected chi connectivity index (χ3v) is 3.64. The Bertz CT molecular complexity index is 582. The summed E-state index contributed by atoms with van der Waals surface area (Å²) in [6.07, 6.45) is 0.588. The van der Waals surface area contributed by atoms with Crippen molar-refractivity contribution in [3.05, 3.63) is 47.1 Å². The van der Waals surface area contributed by atoms with E-state index in [2.05, 4.69) is 41.1 Å². The van der Waals surface area contributed by atoms with Crippen LogP contribution in [0.2, 0.25) is 0 Å². The van der Waals surface area contributed by atoms with Crippen LogP contribution in [-0.2, 0) is 11.2 Å². The molecule has 1 aromatic carbocycles. The third kappa shape index (κ3) is 2.89. The average Bonchev–Trinajstić information content (AvgIpc) is 2.90. The summed E-state index contributed by atoms with van der Waals surface area (Å²) in [5.41, 5.74) is 2.45. The highest BCUT2D eigenvalue weighted by molar-refractivity contribution is 5.27. The summed E-state index contributed by atoms with van der Waals surface area (Å²) in [7, 11) is 2.07. The second-order valence-corrected chi connectivity index (χ2v) is 5.27. The molecule has 20 heavy (non-hydrogen) atoms. The predicted octanol–water partition coefficient (Wildman–Crippen LogP) is 1.97. The fourth-order valence-electron chi connectivity index (χ4n) is 2.38. The van der Waals surface area contributed by atoms with Gasteiger partial charge in [-0.3, -0.25) is 0 Å². The molecule has 0 bridgehead atoms. The summed E-state index contributed by atoms with van der Waals surface area (Å²) >= 11 is 0. The van der Waals surface area contributed by atoms with Gasteiger partial charge >= 0.3 is 0 Å². The highest BCUT2D eigenvalue weighted by Crippen LogP contribution is 2.20. The molecule has 1 aromatic heterocycles. The Morgan fingerprint density at radius 2 is 2.20 bits per heavy atom. The molecule has 1 aliphatic rings. The number of morpholine rings is 1. The summed E-state index contributed by atoms with van der Waals surface area (Å²) in [4.78, 5) is 6.69. The van der Waals surface area contributed by atoms with Crippen molar-refractivity contribution in [1.82, 2.24) is 15.0 Å². The van der Waals surface area contributed by atoms with Crippen LogP contribution in [0.15, 0.2) is 28.8 Å². The SMILES string of the molecule is Cc1ccccc1Cc1nc(C2CN(C)CCO2)no1. The molecule has 1 unspecified atom stereocenters. The van der Waals surface area contributed by atoms with E-state index in [1.807, 2.05) is 12.1 Å². The quantitative estimate of drug-likeness (QED) is 0.855. The van der Waals surface area contributed by atoms with Crippen LogP contribution in [0, 0.1) is 6.92 Å². The molecule has 0 spiro atoms. The molecular formula is C15H19N3O2. The number of nitrogens with zero attached hydrogens (tertiary/aromatic N) is 3. The Morgan fingerprint density at radius 1 is 1.35 bits per heavy atom. The van der Waals surface area contributed by atoms with Crippen molar-refractivity contribution < 1.29 is 9.26 Å². The fraction of sp³-hybridized carbons (Fsp3) is 0.467. The number of aromatic nitrogens is 2. The van der Waals surface area contributed by atoms with Gasteiger partial charge in [0, 0.05) is 13.1 Å². The van der Waals surface area contributed by atoms with Gasteiger partial charge in [0.15, 0.2) is 0 Å². The Kier molecular flexibility index (Phi) is 3.80. The van der Waals surface area contributed by atoms with Crippen LogP contribution in [0.4, 0.5) is 0 Å². The van der Waals surface area contributed by atoms with E-state index < -0.39 is 0 Å². The zero-order chi connectivity index (χ0) is 13.9. The van der Waals surface area contributed by atoms with E-state index in [0.29, 0.717) is 24.7 Å². The molecule has 5 heteroatoms. The average molecular weight is 273 g/mol. The normalized spacial score (nSPS) is 20.2. The lowest BCUT2D eigenvalue weighted by Gasteiger charge is -2.27. The topological polar surface area (TPSA) is 51.4 Å². The molecule has 2 aromatic rings. The molecule has 2 heterocycles. The van der Waals surface area contributed by atoms with Crippen LogP contribution in [0.3, 0.4) is 0 Å². The van der Waals surface area contributed by atoms with Crippen molar-refractivity contribution in [2.45, 2.75) is 19.4 Å². The lowest BCUT2D eigenvalue weighted by atomic mass is 10.1. The van der Waals surface area contributed by atoms with Gasteiger partial charge in [-0.05, 0) is 25.1 Å². The van der Waals surface area contributed by atoms with Gasteiger partial charge in [-0.2, -0.15) is 4.98 Å². The first-order chi connectivity index (χ1) is 9.72. The number of rotatable bonds is 3. The Labute approximate surface area is 118 Å². The van der Waals surface area contributed by atoms with E-state index in [-0.39, 0.29) is 6.10 Å². The monoisotopic (exact) mass is 273 g/mol. The largest absolute Gasteiger partial charge is 0.367 e. The molecule has 0 N–H and O–H groups in total. The number of likely N-dealkylation sites (N-methyl/N-ethyl adjacent to an activating group) is 1. The lowest BCUT2D eigenvalue weighted by Crippen LogP contribution is -2.35. The zero-order valence-corrected chi connectivity index (χ0v) is 11.9. The van der Waals surface area contributed by atoms with E-state index in [0.717, 1.165) is 13.1 Å². The Morgan fingerprint density at radius 3 is 3.00 bits per heavy atom. The molecule has 3 rings (SSSR count). The van der Waals surface area contributed by atoms with E-state index >= 15 is 0 Å². The van der Waals surface area contributed by atoms with Crippen molar-refractivity contribution in [3.8, 4) is 0 Å². The van der Waals surface area contributed by atoms with Gasteiger partial charge in [0.1, 0.15) is 6.10 Å². The molecule has 5 nitrogen and oxygen atoms in total. The number of aryl methyl sites for hydroxylation is 1. The lowest BCUT2D eigenvalue weighted by molar-refractivity contribution is -0.0264. The minimum absolute atomic E-state index is 0.0804. The van der Waals surface area contributed by atoms with Crippen LogP contribution < -0.4 is 0 Å². The summed E-state index contributed by atoms with van der Waals surface area (Å²) in [6, 6.07) is 8.23. The van der Waals surface area contributed by atoms with Gasteiger partial charge in [0.2, 0.25) is 11.7 Å². The first-order valence-electron chi connectivity index (χ1n) is 6.89. The van der Waals surface area contributed by atoms with Crippen LogP contribution in [0.5, 0.6) is 0 Å². The molecule has 0 radical (unpaired) electrons. The Balaban J connectivity index is 1.72. The van der Waals surface area contributed by atoms with Crippen LogP contribution in [0.1, 0.15) is 28.9 Å². The van der Waals surface area contributed by atoms with Crippen molar-refractivity contribution >= 4 is 0 Å². The van der Waals surface area contributed by atoms with E-state index in [4.69, 9.17) is 9.26 Å². The first kappa shape index (κ1) is 13.3. The molecule has 1 atom stereocenters. The number of hydrogen-bond acceptors (Lipinski definition) is 5. The number of hydrogen-bond donors (Lipinski definition) is 0. The van der Waals surface area contributed by atoms with E-state index in [1.54, 1.807) is 0 Å². The molecule has 1 fully saturated rings. The van der Waals surface area contributed by atoms with Gasteiger partial charge in [0.25, 0.3) is 0 Å². The summed E-state index contributed by atoms with van der Waals surface area (Å²) in [6.45, 7) is 4.56. The number of ether oxygens (including phenoxy) is 1. The zero-order valence-electron chi connectivity index (χ0n) is 11.9. The number of benzene rings is 1. The van der Waals surface area contributed by atoms with Crippen molar-refractivity contribution in [1.29, 1.82) is 0 Å². The van der Waals surface area contributed by atoms with E-state index in [9.17, 15) is 0 Å². The second kappa shape index (κ2) is 5.73. The smallest absolute Gasteiger partial charge is 0.231 e. The third-order valence-electron chi connectivity index (χ3n) is 3.64. The standard InChI is InChI=1S/C15H19N3O2/c1-11-5-3-4-6-12(11)9-14-16-15(17-20-14)13-10-18(2)7-8-19-13/h3-6,13H,7-10H2,1-2H3. The maximum atomic E-state index is 5.70. The van der Waals surface area contributed by atoms with Crippen LogP contribution in [0.25, 0.3) is 0 Å². The Hall–Kier alpha value is -1.72. The molecule has 106 valence electrons. The molecule has 0 aliphatic carbocycles. The molecule has 1 aliphatic heterocycles. The molecular weight excluding hydrogens is 254 g/mol. The highest BCUT2D eigenvalue weighted by Gasteiger charge is 2.24. The van der Waals surface area contributed by atoms with Crippen molar-refractivity contribution in [3.63, 3.8) is 0 Å². The van der Waals surface area contributed by atoms with E-state index in [1.165, 1.54) is 11.1 Å². The summed E-state index contributed by atoms with van der Waals surface area (Å²) in [5, 5.41) is 4.06. The molecule has 0 saturated carbocycles. The first-order valence-corrected chi connectivity index (χ1v) is 6.89. The minimum atomic E-state index is -0.0804. The van der Waals surface area contributed by atoms with Gasteiger partial charge in [-0.25, -0.2) is 0 Å². The summed E-state index contributed by atoms with van der Waals surface area (Å²) < 4.78 is 11.0. The highest BCUT2D eigenvalue weighted by atomic mass is 16.5. The maximum absolute atomic E-state index is 5.70. The molecule has 0 amide bonds. The van der Waals surface area contributed by atoms with Crippen LogP contribution >= 0.6 is 0 Å². The van der Waals surface area contributed by atoms with Crippen LogP contribution in [-0.4, -0.2) is 41.8 Å². The van der Waals surface area contributed by atoms with Gasteiger partial charge in [-0.1, -0.05) is 29.4 Å². The minimum Gasteiger partial charge on any atom is -0.367 e. The summed E-state index contributed by atoms with van der Waals surface area (Å²) in [5.74, 6) is 1.30. The van der Waals surface area contributed by atoms with Gasteiger partial charge in [0.05, 0.1) is 13.0 Å². The second-order valence-electron chi connectivity index (χ2n) is 5.27.